The van der Waals surface area contributed by atoms with Crippen LogP contribution in [0.1, 0.15) is 17.2 Å². The van der Waals surface area contributed by atoms with Crippen molar-refractivity contribution in [2.75, 3.05) is 19.7 Å². The molecule has 0 saturated carbocycles. The zero-order valence-corrected chi connectivity index (χ0v) is 14.6. The molecule has 1 unspecified atom stereocenters. The SMILES string of the molecule is Clc1cc(OCc2c(Cl)cccc2Cl)ccc1C1CNCCO1. The molecule has 0 aliphatic carbocycles. The lowest BCUT2D eigenvalue weighted by Crippen LogP contribution is -2.33. The van der Waals surface area contributed by atoms with Crippen LogP contribution >= 0.6 is 34.8 Å². The Hall–Kier alpha value is -0.970. The molecule has 23 heavy (non-hydrogen) atoms. The lowest BCUT2D eigenvalue weighted by Gasteiger charge is -2.25. The third-order valence-electron chi connectivity index (χ3n) is 3.69. The summed E-state index contributed by atoms with van der Waals surface area (Å²) >= 11 is 18.6. The van der Waals surface area contributed by atoms with Gasteiger partial charge in [-0.3, -0.25) is 0 Å². The first kappa shape index (κ1) is 16.9. The minimum absolute atomic E-state index is 0.0247. The Morgan fingerprint density at radius 1 is 1.09 bits per heavy atom. The molecule has 122 valence electrons. The van der Waals surface area contributed by atoms with E-state index in [2.05, 4.69) is 5.32 Å². The van der Waals surface area contributed by atoms with E-state index >= 15 is 0 Å². The van der Waals surface area contributed by atoms with Gasteiger partial charge in [0.15, 0.2) is 0 Å². The summed E-state index contributed by atoms with van der Waals surface area (Å²) < 4.78 is 11.5. The molecule has 6 heteroatoms. The lowest BCUT2D eigenvalue weighted by molar-refractivity contribution is 0.0277. The number of hydrogen-bond acceptors (Lipinski definition) is 3. The number of rotatable bonds is 4. The second-order valence-electron chi connectivity index (χ2n) is 5.24. The van der Waals surface area contributed by atoms with E-state index in [-0.39, 0.29) is 12.7 Å². The van der Waals surface area contributed by atoms with Crippen LogP contribution in [0.25, 0.3) is 0 Å². The molecule has 1 N–H and O–H groups in total. The van der Waals surface area contributed by atoms with Gasteiger partial charge < -0.3 is 14.8 Å². The molecule has 1 saturated heterocycles. The minimum atomic E-state index is -0.0247. The van der Waals surface area contributed by atoms with Gasteiger partial charge in [0.25, 0.3) is 0 Å². The van der Waals surface area contributed by atoms with Crippen molar-refractivity contribution in [3.05, 3.63) is 62.6 Å². The Labute approximate surface area is 150 Å². The fraction of sp³-hybridized carbons (Fsp3) is 0.294. The molecule has 0 amide bonds. The highest BCUT2D eigenvalue weighted by molar-refractivity contribution is 6.36. The van der Waals surface area contributed by atoms with Gasteiger partial charge in [-0.2, -0.15) is 0 Å². The Bertz CT molecular complexity index is 667. The number of halogens is 3. The summed E-state index contributed by atoms with van der Waals surface area (Å²) in [5, 5.41) is 5.09. The van der Waals surface area contributed by atoms with Gasteiger partial charge in [0.2, 0.25) is 0 Å². The third-order valence-corrected chi connectivity index (χ3v) is 4.73. The Balaban J connectivity index is 1.70. The third kappa shape index (κ3) is 4.11. The fourth-order valence-electron chi connectivity index (χ4n) is 2.45. The van der Waals surface area contributed by atoms with Crippen LogP contribution in [0, 0.1) is 0 Å². The van der Waals surface area contributed by atoms with Gasteiger partial charge in [0.05, 0.1) is 17.7 Å². The van der Waals surface area contributed by atoms with Crippen LogP contribution in [0.2, 0.25) is 15.1 Å². The molecular formula is C17H16Cl3NO2. The van der Waals surface area contributed by atoms with E-state index in [4.69, 9.17) is 44.3 Å². The minimum Gasteiger partial charge on any atom is -0.489 e. The average molecular weight is 373 g/mol. The lowest BCUT2D eigenvalue weighted by atomic mass is 10.1. The number of morpholine rings is 1. The standard InChI is InChI=1S/C17H16Cl3NO2/c18-14-2-1-3-15(19)13(14)10-23-11-4-5-12(16(20)8-11)17-9-21-6-7-22-17/h1-5,8,17,21H,6-7,9-10H2. The fourth-order valence-corrected chi connectivity index (χ4v) is 3.25. The second kappa shape index (κ2) is 7.73. The first-order valence-electron chi connectivity index (χ1n) is 7.32. The monoisotopic (exact) mass is 371 g/mol. The zero-order valence-electron chi connectivity index (χ0n) is 12.3. The maximum atomic E-state index is 6.37. The molecule has 1 atom stereocenters. The summed E-state index contributed by atoms with van der Waals surface area (Å²) in [6, 6.07) is 11.0. The van der Waals surface area contributed by atoms with Gasteiger partial charge in [-0.25, -0.2) is 0 Å². The molecule has 3 rings (SSSR count). The quantitative estimate of drug-likeness (QED) is 0.829. The first-order valence-corrected chi connectivity index (χ1v) is 8.46. The van der Waals surface area contributed by atoms with Crippen molar-refractivity contribution in [2.24, 2.45) is 0 Å². The molecule has 1 aliphatic rings. The van der Waals surface area contributed by atoms with E-state index in [0.717, 1.165) is 24.2 Å². The molecule has 1 aliphatic heterocycles. The molecule has 1 fully saturated rings. The van der Waals surface area contributed by atoms with Gasteiger partial charge >= 0.3 is 0 Å². The summed E-state index contributed by atoms with van der Waals surface area (Å²) in [7, 11) is 0. The van der Waals surface area contributed by atoms with Crippen LogP contribution in [-0.4, -0.2) is 19.7 Å². The topological polar surface area (TPSA) is 30.5 Å². The molecule has 0 spiro atoms. The highest BCUT2D eigenvalue weighted by Crippen LogP contribution is 2.31. The van der Waals surface area contributed by atoms with E-state index in [1.165, 1.54) is 0 Å². The van der Waals surface area contributed by atoms with Crippen molar-refractivity contribution in [1.29, 1.82) is 0 Å². The van der Waals surface area contributed by atoms with E-state index < -0.39 is 0 Å². The van der Waals surface area contributed by atoms with Crippen LogP contribution in [0.3, 0.4) is 0 Å². The second-order valence-corrected chi connectivity index (χ2v) is 6.46. The van der Waals surface area contributed by atoms with Gasteiger partial charge in [-0.15, -0.1) is 0 Å². The highest BCUT2D eigenvalue weighted by atomic mass is 35.5. The van der Waals surface area contributed by atoms with Crippen LogP contribution in [0.4, 0.5) is 0 Å². The Kier molecular flexibility index (Phi) is 5.67. The van der Waals surface area contributed by atoms with Crippen molar-refractivity contribution >= 4 is 34.8 Å². The van der Waals surface area contributed by atoms with Gasteiger partial charge in [-0.05, 0) is 24.3 Å². The number of ether oxygens (including phenoxy) is 2. The molecular weight excluding hydrogens is 357 g/mol. The smallest absolute Gasteiger partial charge is 0.121 e. The Morgan fingerprint density at radius 2 is 1.87 bits per heavy atom. The predicted molar refractivity (Wildman–Crippen MR) is 93.8 cm³/mol. The molecule has 2 aromatic rings. The van der Waals surface area contributed by atoms with Crippen LogP contribution in [-0.2, 0) is 11.3 Å². The van der Waals surface area contributed by atoms with Gasteiger partial charge in [0, 0.05) is 34.3 Å². The first-order chi connectivity index (χ1) is 11.1. The Morgan fingerprint density at radius 3 is 2.52 bits per heavy atom. The van der Waals surface area contributed by atoms with Crippen LogP contribution in [0.15, 0.2) is 36.4 Å². The van der Waals surface area contributed by atoms with E-state index in [1.54, 1.807) is 24.3 Å². The van der Waals surface area contributed by atoms with Crippen molar-refractivity contribution < 1.29 is 9.47 Å². The molecule has 0 radical (unpaired) electrons. The van der Waals surface area contributed by atoms with Gasteiger partial charge in [0.1, 0.15) is 12.4 Å². The highest BCUT2D eigenvalue weighted by Gasteiger charge is 2.18. The van der Waals surface area contributed by atoms with E-state index in [1.807, 2.05) is 12.1 Å². The number of hydrogen-bond donors (Lipinski definition) is 1. The van der Waals surface area contributed by atoms with Crippen LogP contribution in [0.5, 0.6) is 5.75 Å². The van der Waals surface area contributed by atoms with Crippen molar-refractivity contribution in [2.45, 2.75) is 12.7 Å². The molecule has 3 nitrogen and oxygen atoms in total. The zero-order chi connectivity index (χ0) is 16.2. The van der Waals surface area contributed by atoms with Crippen LogP contribution < -0.4 is 10.1 Å². The van der Waals surface area contributed by atoms with E-state index in [9.17, 15) is 0 Å². The molecule has 1 heterocycles. The van der Waals surface area contributed by atoms with Crippen molar-refractivity contribution in [3.8, 4) is 5.75 Å². The molecule has 0 aromatic heterocycles. The largest absolute Gasteiger partial charge is 0.489 e. The maximum absolute atomic E-state index is 6.37. The maximum Gasteiger partial charge on any atom is 0.121 e. The normalized spacial score (nSPS) is 18.0. The number of benzene rings is 2. The summed E-state index contributed by atoms with van der Waals surface area (Å²) in [4.78, 5) is 0. The molecule has 2 aromatic carbocycles. The van der Waals surface area contributed by atoms with E-state index in [0.29, 0.717) is 27.4 Å². The summed E-state index contributed by atoms with van der Waals surface area (Å²) in [6.07, 6.45) is -0.0247. The predicted octanol–water partition coefficient (Wildman–Crippen LogP) is 4.89. The summed E-state index contributed by atoms with van der Waals surface area (Å²) in [5.74, 6) is 0.665. The summed E-state index contributed by atoms with van der Waals surface area (Å²) in [5.41, 5.74) is 1.72. The number of nitrogens with one attached hydrogen (secondary N) is 1. The molecule has 0 bridgehead atoms. The van der Waals surface area contributed by atoms with Gasteiger partial charge in [-0.1, -0.05) is 46.9 Å². The van der Waals surface area contributed by atoms with Crippen molar-refractivity contribution in [1.82, 2.24) is 5.32 Å². The van der Waals surface area contributed by atoms with Crippen molar-refractivity contribution in [3.63, 3.8) is 0 Å². The summed E-state index contributed by atoms with van der Waals surface area (Å²) in [6.45, 7) is 2.60. The average Bonchev–Trinajstić information content (AvgIpc) is 2.55.